The first-order valence-corrected chi connectivity index (χ1v) is 7.49. The summed E-state index contributed by atoms with van der Waals surface area (Å²) in [6.45, 7) is 7.09. The summed E-state index contributed by atoms with van der Waals surface area (Å²) in [5.41, 5.74) is 1.85. The average molecular weight is 286 g/mol. The molecule has 2 heterocycles. The van der Waals surface area contributed by atoms with Gasteiger partial charge >= 0.3 is 0 Å². The van der Waals surface area contributed by atoms with Gasteiger partial charge in [-0.2, -0.15) is 0 Å². The largest absolute Gasteiger partial charge is 0.487 e. The fourth-order valence-corrected chi connectivity index (χ4v) is 3.00. The molecule has 1 N–H and O–H groups in total. The van der Waals surface area contributed by atoms with E-state index in [4.69, 9.17) is 4.74 Å². The third-order valence-electron chi connectivity index (χ3n) is 4.00. The number of aromatic nitrogens is 2. The van der Waals surface area contributed by atoms with E-state index in [0.717, 1.165) is 30.1 Å². The maximum absolute atomic E-state index is 10.6. The van der Waals surface area contributed by atoms with Crippen molar-refractivity contribution in [2.45, 2.75) is 51.9 Å². The van der Waals surface area contributed by atoms with Crippen LogP contribution in [0.15, 0.2) is 30.6 Å². The van der Waals surface area contributed by atoms with Crippen molar-refractivity contribution in [1.82, 2.24) is 9.55 Å². The topological polar surface area (TPSA) is 47.3 Å². The van der Waals surface area contributed by atoms with Crippen LogP contribution in [0.2, 0.25) is 0 Å². The molecular weight excluding hydrogens is 264 g/mol. The van der Waals surface area contributed by atoms with Gasteiger partial charge in [0.2, 0.25) is 0 Å². The molecule has 21 heavy (non-hydrogen) atoms. The summed E-state index contributed by atoms with van der Waals surface area (Å²) in [5.74, 6) is 1.75. The summed E-state index contributed by atoms with van der Waals surface area (Å²) >= 11 is 0. The highest BCUT2D eigenvalue weighted by atomic mass is 16.5. The third-order valence-corrected chi connectivity index (χ3v) is 4.00. The lowest BCUT2D eigenvalue weighted by molar-refractivity contribution is 0.125. The second-order valence-corrected chi connectivity index (χ2v) is 6.22. The van der Waals surface area contributed by atoms with Crippen LogP contribution in [0, 0.1) is 0 Å². The van der Waals surface area contributed by atoms with Gasteiger partial charge in [-0.15, -0.1) is 0 Å². The van der Waals surface area contributed by atoms with E-state index < -0.39 is 6.10 Å². The van der Waals surface area contributed by atoms with Crippen LogP contribution in [0.5, 0.6) is 5.75 Å². The Morgan fingerprint density at radius 3 is 3.00 bits per heavy atom. The summed E-state index contributed by atoms with van der Waals surface area (Å²) in [6.07, 6.45) is 4.51. The molecule has 1 aliphatic heterocycles. The molecule has 1 atom stereocenters. The molecule has 0 saturated carbocycles. The molecule has 0 fully saturated rings. The van der Waals surface area contributed by atoms with E-state index in [0.29, 0.717) is 6.42 Å². The Kier molecular flexibility index (Phi) is 3.49. The van der Waals surface area contributed by atoms with Gasteiger partial charge in [0.15, 0.2) is 0 Å². The van der Waals surface area contributed by atoms with E-state index in [1.807, 2.05) is 18.3 Å². The summed E-state index contributed by atoms with van der Waals surface area (Å²) in [7, 11) is 0. The van der Waals surface area contributed by atoms with E-state index >= 15 is 0 Å². The van der Waals surface area contributed by atoms with Gasteiger partial charge < -0.3 is 14.4 Å². The lowest BCUT2D eigenvalue weighted by Crippen LogP contribution is -2.25. The maximum atomic E-state index is 10.6. The molecule has 0 aliphatic carbocycles. The molecule has 1 aromatic carbocycles. The lowest BCUT2D eigenvalue weighted by Gasteiger charge is -2.20. The number of imidazole rings is 1. The maximum Gasteiger partial charge on any atom is 0.129 e. The molecule has 3 rings (SSSR count). The lowest BCUT2D eigenvalue weighted by atomic mass is 9.98. The fourth-order valence-electron chi connectivity index (χ4n) is 3.00. The number of benzene rings is 1. The Morgan fingerprint density at radius 2 is 2.24 bits per heavy atom. The van der Waals surface area contributed by atoms with Crippen molar-refractivity contribution < 1.29 is 9.84 Å². The van der Waals surface area contributed by atoms with Gasteiger partial charge in [-0.05, 0) is 26.3 Å². The van der Waals surface area contributed by atoms with Crippen LogP contribution in [-0.2, 0) is 19.4 Å². The van der Waals surface area contributed by atoms with Crippen molar-refractivity contribution in [3.63, 3.8) is 0 Å². The molecule has 0 radical (unpaired) electrons. The van der Waals surface area contributed by atoms with Crippen LogP contribution in [0.4, 0.5) is 0 Å². The fraction of sp³-hybridized carbons (Fsp3) is 0.471. The average Bonchev–Trinajstić information content (AvgIpc) is 2.99. The molecule has 112 valence electrons. The van der Waals surface area contributed by atoms with Gasteiger partial charge in [-0.3, -0.25) is 0 Å². The van der Waals surface area contributed by atoms with Gasteiger partial charge in [0.05, 0.1) is 6.10 Å². The molecule has 0 saturated heterocycles. The smallest absolute Gasteiger partial charge is 0.129 e. The zero-order chi connectivity index (χ0) is 15.0. The zero-order valence-electron chi connectivity index (χ0n) is 12.8. The number of aryl methyl sites for hydroxylation is 1. The number of ether oxygens (including phenoxy) is 1. The minimum atomic E-state index is -0.596. The van der Waals surface area contributed by atoms with Crippen molar-refractivity contribution in [2.75, 3.05) is 0 Å². The van der Waals surface area contributed by atoms with Gasteiger partial charge in [-0.25, -0.2) is 4.98 Å². The molecule has 0 spiro atoms. The number of hydrogen-bond acceptors (Lipinski definition) is 3. The first kappa shape index (κ1) is 14.1. The van der Waals surface area contributed by atoms with Gasteiger partial charge in [0.1, 0.15) is 17.2 Å². The monoisotopic (exact) mass is 286 g/mol. The van der Waals surface area contributed by atoms with Crippen molar-refractivity contribution in [3.05, 3.63) is 47.5 Å². The Balaban J connectivity index is 1.87. The molecule has 4 heteroatoms. The van der Waals surface area contributed by atoms with Crippen LogP contribution in [0.3, 0.4) is 0 Å². The number of para-hydroxylation sites is 1. The van der Waals surface area contributed by atoms with Crippen LogP contribution in [-0.4, -0.2) is 20.3 Å². The Hall–Kier alpha value is -1.81. The molecule has 2 aromatic rings. The second kappa shape index (κ2) is 5.19. The summed E-state index contributed by atoms with van der Waals surface area (Å²) in [5, 5.41) is 10.6. The number of fused-ring (bicyclic) bond motifs is 1. The summed E-state index contributed by atoms with van der Waals surface area (Å²) < 4.78 is 8.09. The number of hydrogen-bond donors (Lipinski definition) is 1. The molecule has 1 aliphatic rings. The first-order valence-electron chi connectivity index (χ1n) is 7.49. The minimum absolute atomic E-state index is 0.194. The van der Waals surface area contributed by atoms with Gasteiger partial charge in [0.25, 0.3) is 0 Å². The number of rotatable bonds is 4. The predicted octanol–water partition coefficient (Wildman–Crippen LogP) is 2.89. The van der Waals surface area contributed by atoms with Gasteiger partial charge in [-0.1, -0.05) is 18.2 Å². The van der Waals surface area contributed by atoms with Crippen molar-refractivity contribution in [3.8, 4) is 5.75 Å². The summed E-state index contributed by atoms with van der Waals surface area (Å²) in [4.78, 5) is 4.34. The molecule has 0 amide bonds. The number of nitrogens with zero attached hydrogens (tertiary/aromatic N) is 2. The normalized spacial score (nSPS) is 17.3. The molecule has 1 unspecified atom stereocenters. The van der Waals surface area contributed by atoms with E-state index in [1.165, 1.54) is 5.56 Å². The molecule has 1 aromatic heterocycles. The number of aliphatic hydroxyl groups excluding tert-OH is 1. The Labute approximate surface area is 125 Å². The SMILES string of the molecule is CCn1ccnc1CC(O)c1cccc2c1OC(C)(C)C2. The van der Waals surface area contributed by atoms with Crippen LogP contribution in [0.25, 0.3) is 0 Å². The Morgan fingerprint density at radius 1 is 1.43 bits per heavy atom. The predicted molar refractivity (Wildman–Crippen MR) is 81.4 cm³/mol. The zero-order valence-corrected chi connectivity index (χ0v) is 12.8. The molecule has 0 bridgehead atoms. The quantitative estimate of drug-likeness (QED) is 0.940. The van der Waals surface area contributed by atoms with Crippen LogP contribution in [0.1, 0.15) is 43.8 Å². The van der Waals surface area contributed by atoms with Crippen molar-refractivity contribution in [2.24, 2.45) is 0 Å². The number of aliphatic hydroxyl groups is 1. The van der Waals surface area contributed by atoms with E-state index in [2.05, 4.69) is 36.4 Å². The van der Waals surface area contributed by atoms with Crippen molar-refractivity contribution in [1.29, 1.82) is 0 Å². The highest BCUT2D eigenvalue weighted by molar-refractivity contribution is 5.47. The van der Waals surface area contributed by atoms with E-state index in [9.17, 15) is 5.11 Å². The highest BCUT2D eigenvalue weighted by Gasteiger charge is 2.33. The van der Waals surface area contributed by atoms with E-state index in [1.54, 1.807) is 6.20 Å². The second-order valence-electron chi connectivity index (χ2n) is 6.22. The van der Waals surface area contributed by atoms with Crippen LogP contribution < -0.4 is 4.74 Å². The summed E-state index contributed by atoms with van der Waals surface area (Å²) in [6, 6.07) is 6.02. The minimum Gasteiger partial charge on any atom is -0.487 e. The van der Waals surface area contributed by atoms with E-state index in [-0.39, 0.29) is 5.60 Å². The Bertz CT molecular complexity index is 646. The molecule has 4 nitrogen and oxygen atoms in total. The van der Waals surface area contributed by atoms with Crippen molar-refractivity contribution >= 4 is 0 Å². The third kappa shape index (κ3) is 2.68. The first-order chi connectivity index (χ1) is 10.00. The van der Waals surface area contributed by atoms with Gasteiger partial charge in [0, 0.05) is 37.3 Å². The standard InChI is InChI=1S/C17H22N2O2/c1-4-19-9-8-18-15(19)10-14(20)13-7-5-6-12-11-17(2,3)21-16(12)13/h5-9,14,20H,4,10-11H2,1-3H3. The van der Waals surface area contributed by atoms with Crippen LogP contribution >= 0.6 is 0 Å². The molecular formula is C17H22N2O2. The highest BCUT2D eigenvalue weighted by Crippen LogP contribution is 2.40.